The molecule has 2 amide bonds. The van der Waals surface area contributed by atoms with Gasteiger partial charge in [0.2, 0.25) is 11.8 Å². The molecule has 2 N–H and O–H groups in total. The third kappa shape index (κ3) is 5.49. The maximum atomic E-state index is 11.9. The first-order valence-corrected chi connectivity index (χ1v) is 6.84. The van der Waals surface area contributed by atoms with Crippen molar-refractivity contribution >= 4 is 11.8 Å². The molecule has 0 aromatic heterocycles. The molecule has 1 unspecified atom stereocenters. The summed E-state index contributed by atoms with van der Waals surface area (Å²) in [4.78, 5) is 25.0. The highest BCUT2D eigenvalue weighted by Gasteiger charge is 2.20. The Balaban J connectivity index is 2.25. The maximum absolute atomic E-state index is 11.9. The molecule has 0 radical (unpaired) electrons. The quantitative estimate of drug-likeness (QED) is 0.720. The molecule has 0 aliphatic carbocycles. The number of likely N-dealkylation sites (N-methyl/N-ethyl adjacent to an activating group) is 1. The van der Waals surface area contributed by atoms with Crippen molar-refractivity contribution in [1.29, 1.82) is 0 Å². The zero-order valence-corrected chi connectivity index (χ0v) is 11.5. The summed E-state index contributed by atoms with van der Waals surface area (Å²) in [5.74, 6) is 0.414. The molecule has 1 saturated heterocycles. The number of hydrogen-bond acceptors (Lipinski definition) is 3. The highest BCUT2D eigenvalue weighted by Crippen LogP contribution is 2.14. The van der Waals surface area contributed by atoms with Gasteiger partial charge < -0.3 is 15.5 Å². The summed E-state index contributed by atoms with van der Waals surface area (Å²) < 4.78 is 0. The molecule has 0 aromatic carbocycles. The van der Waals surface area contributed by atoms with Crippen LogP contribution in [0.4, 0.5) is 0 Å². The Morgan fingerprint density at radius 1 is 1.44 bits per heavy atom. The first kappa shape index (κ1) is 15.0. The highest BCUT2D eigenvalue weighted by atomic mass is 16.2. The summed E-state index contributed by atoms with van der Waals surface area (Å²) in [7, 11) is 1.70. The number of nitrogens with one attached hydrogen (secondary N) is 2. The van der Waals surface area contributed by atoms with Gasteiger partial charge in [-0.1, -0.05) is 6.92 Å². The lowest BCUT2D eigenvalue weighted by Gasteiger charge is -2.24. The average Bonchev–Trinajstić information content (AvgIpc) is 2.37. The second-order valence-corrected chi connectivity index (χ2v) is 5.02. The number of carbonyl (C=O) groups is 2. The largest absolute Gasteiger partial charge is 0.355 e. The zero-order chi connectivity index (χ0) is 13.4. The lowest BCUT2D eigenvalue weighted by atomic mass is 9.96. The van der Waals surface area contributed by atoms with Crippen molar-refractivity contribution in [2.24, 2.45) is 5.92 Å². The van der Waals surface area contributed by atoms with Gasteiger partial charge in [0.05, 0.1) is 6.54 Å². The molecule has 1 heterocycles. The van der Waals surface area contributed by atoms with Gasteiger partial charge in [0.15, 0.2) is 0 Å². The highest BCUT2D eigenvalue weighted by molar-refractivity contribution is 5.84. The summed E-state index contributed by atoms with van der Waals surface area (Å²) in [5, 5.41) is 6.07. The van der Waals surface area contributed by atoms with Gasteiger partial charge in [0, 0.05) is 20.0 Å². The number of piperidine rings is 1. The molecule has 0 bridgehead atoms. The topological polar surface area (TPSA) is 61.4 Å². The van der Waals surface area contributed by atoms with E-state index in [1.165, 1.54) is 4.90 Å². The van der Waals surface area contributed by atoms with E-state index in [1.807, 2.05) is 6.92 Å². The lowest BCUT2D eigenvalue weighted by Crippen LogP contribution is -2.40. The van der Waals surface area contributed by atoms with Crippen LogP contribution in [0.5, 0.6) is 0 Å². The lowest BCUT2D eigenvalue weighted by molar-refractivity contribution is -0.135. The molecular weight excluding hydrogens is 230 g/mol. The minimum atomic E-state index is -0.0746. The summed E-state index contributed by atoms with van der Waals surface area (Å²) >= 11 is 0. The Bertz CT molecular complexity index is 275. The first-order valence-electron chi connectivity index (χ1n) is 6.84. The summed E-state index contributed by atoms with van der Waals surface area (Å²) in [6, 6.07) is 0. The van der Waals surface area contributed by atoms with Crippen molar-refractivity contribution in [1.82, 2.24) is 15.5 Å². The van der Waals surface area contributed by atoms with E-state index in [0.29, 0.717) is 18.9 Å². The van der Waals surface area contributed by atoms with Crippen LogP contribution in [-0.4, -0.2) is 49.9 Å². The molecule has 5 nitrogen and oxygen atoms in total. The number of carbonyl (C=O) groups excluding carboxylic acids is 2. The number of amides is 2. The van der Waals surface area contributed by atoms with E-state index in [2.05, 4.69) is 10.6 Å². The third-order valence-corrected chi connectivity index (χ3v) is 3.24. The molecule has 1 rings (SSSR count). The fourth-order valence-corrected chi connectivity index (χ4v) is 2.12. The van der Waals surface area contributed by atoms with E-state index in [9.17, 15) is 9.59 Å². The van der Waals surface area contributed by atoms with Crippen molar-refractivity contribution < 1.29 is 9.59 Å². The molecule has 5 heteroatoms. The Labute approximate surface area is 109 Å². The SMILES string of the molecule is CCCNC(=O)CN(C)C(=O)CC1CCCNC1. The van der Waals surface area contributed by atoms with E-state index < -0.39 is 0 Å². The predicted octanol–water partition coefficient (Wildman–Crippen LogP) is 0.361. The van der Waals surface area contributed by atoms with Crippen LogP contribution in [0.25, 0.3) is 0 Å². The van der Waals surface area contributed by atoms with Crippen LogP contribution in [0, 0.1) is 5.92 Å². The smallest absolute Gasteiger partial charge is 0.239 e. The second-order valence-electron chi connectivity index (χ2n) is 5.02. The molecule has 18 heavy (non-hydrogen) atoms. The Kier molecular flexibility index (Phi) is 6.72. The molecule has 1 aliphatic heterocycles. The molecular formula is C13H25N3O2. The Morgan fingerprint density at radius 2 is 2.22 bits per heavy atom. The van der Waals surface area contributed by atoms with Crippen LogP contribution in [-0.2, 0) is 9.59 Å². The van der Waals surface area contributed by atoms with Gasteiger partial charge in [-0.15, -0.1) is 0 Å². The summed E-state index contributed by atoms with van der Waals surface area (Å²) in [5.41, 5.74) is 0. The minimum absolute atomic E-state index is 0.0651. The maximum Gasteiger partial charge on any atom is 0.239 e. The van der Waals surface area contributed by atoms with Gasteiger partial charge in [-0.3, -0.25) is 9.59 Å². The van der Waals surface area contributed by atoms with E-state index in [0.717, 1.165) is 32.4 Å². The Hall–Kier alpha value is -1.10. The van der Waals surface area contributed by atoms with Crippen molar-refractivity contribution in [2.75, 3.05) is 33.2 Å². The Morgan fingerprint density at radius 3 is 2.83 bits per heavy atom. The van der Waals surface area contributed by atoms with Crippen molar-refractivity contribution in [2.45, 2.75) is 32.6 Å². The van der Waals surface area contributed by atoms with Crippen molar-refractivity contribution in [3.05, 3.63) is 0 Å². The van der Waals surface area contributed by atoms with Crippen LogP contribution >= 0.6 is 0 Å². The fourth-order valence-electron chi connectivity index (χ4n) is 2.12. The van der Waals surface area contributed by atoms with Gasteiger partial charge in [-0.05, 0) is 38.3 Å². The van der Waals surface area contributed by atoms with E-state index in [4.69, 9.17) is 0 Å². The molecule has 1 fully saturated rings. The van der Waals surface area contributed by atoms with Gasteiger partial charge >= 0.3 is 0 Å². The molecule has 0 spiro atoms. The van der Waals surface area contributed by atoms with Crippen LogP contribution in [0.15, 0.2) is 0 Å². The molecule has 0 aromatic rings. The number of hydrogen-bond donors (Lipinski definition) is 2. The van der Waals surface area contributed by atoms with Crippen molar-refractivity contribution in [3.63, 3.8) is 0 Å². The summed E-state index contributed by atoms with van der Waals surface area (Å²) in [6.45, 7) is 4.82. The van der Waals surface area contributed by atoms with Crippen molar-refractivity contribution in [3.8, 4) is 0 Å². The molecule has 1 aliphatic rings. The number of nitrogens with zero attached hydrogens (tertiary/aromatic N) is 1. The fraction of sp³-hybridized carbons (Fsp3) is 0.846. The predicted molar refractivity (Wildman–Crippen MR) is 71.1 cm³/mol. The van der Waals surface area contributed by atoms with Gasteiger partial charge in [-0.25, -0.2) is 0 Å². The minimum Gasteiger partial charge on any atom is -0.355 e. The molecule has 104 valence electrons. The average molecular weight is 255 g/mol. The van der Waals surface area contributed by atoms with Crippen LogP contribution in [0.1, 0.15) is 32.6 Å². The monoisotopic (exact) mass is 255 g/mol. The van der Waals surface area contributed by atoms with Gasteiger partial charge in [0.1, 0.15) is 0 Å². The standard InChI is InChI=1S/C13H25N3O2/c1-3-6-15-12(17)10-16(2)13(18)8-11-5-4-7-14-9-11/h11,14H,3-10H2,1-2H3,(H,15,17). The third-order valence-electron chi connectivity index (χ3n) is 3.24. The molecule has 0 saturated carbocycles. The normalized spacial score (nSPS) is 19.3. The second kappa shape index (κ2) is 8.08. The van der Waals surface area contributed by atoms with Gasteiger partial charge in [-0.2, -0.15) is 0 Å². The first-order chi connectivity index (χ1) is 8.63. The zero-order valence-electron chi connectivity index (χ0n) is 11.5. The number of rotatable bonds is 6. The van der Waals surface area contributed by atoms with Gasteiger partial charge in [0.25, 0.3) is 0 Å². The van der Waals surface area contributed by atoms with Crippen LogP contribution < -0.4 is 10.6 Å². The van der Waals surface area contributed by atoms with Crippen LogP contribution in [0.2, 0.25) is 0 Å². The summed E-state index contributed by atoms with van der Waals surface area (Å²) in [6.07, 6.45) is 3.70. The van der Waals surface area contributed by atoms with Crippen LogP contribution in [0.3, 0.4) is 0 Å². The molecule has 1 atom stereocenters. The van der Waals surface area contributed by atoms with E-state index >= 15 is 0 Å². The van der Waals surface area contributed by atoms with E-state index in [-0.39, 0.29) is 18.4 Å². The van der Waals surface area contributed by atoms with E-state index in [1.54, 1.807) is 7.05 Å².